The van der Waals surface area contributed by atoms with Crippen LogP contribution in [0, 0.1) is 5.92 Å². The van der Waals surface area contributed by atoms with Gasteiger partial charge in [0, 0.05) is 38.1 Å². The molecule has 6 nitrogen and oxygen atoms in total. The summed E-state index contributed by atoms with van der Waals surface area (Å²) in [6.07, 6.45) is 1.74. The fraction of sp³-hybridized carbons (Fsp3) is 0.611. The predicted molar refractivity (Wildman–Crippen MR) is 105 cm³/mol. The van der Waals surface area contributed by atoms with Crippen LogP contribution in [0.5, 0.6) is 0 Å². The van der Waals surface area contributed by atoms with Gasteiger partial charge in [-0.15, -0.1) is 12.4 Å². The lowest BCUT2D eigenvalue weighted by molar-refractivity contribution is -0.137. The zero-order chi connectivity index (χ0) is 17.9. The van der Waals surface area contributed by atoms with E-state index in [0.29, 0.717) is 32.2 Å². The van der Waals surface area contributed by atoms with Gasteiger partial charge in [0.25, 0.3) is 0 Å². The highest BCUT2D eigenvalue weighted by Gasteiger charge is 2.33. The largest absolute Gasteiger partial charge is 0.340 e. The highest BCUT2D eigenvalue weighted by molar-refractivity contribution is 7.88. The van der Waals surface area contributed by atoms with Crippen molar-refractivity contribution < 1.29 is 13.2 Å². The summed E-state index contributed by atoms with van der Waals surface area (Å²) in [5, 5.41) is 3.36. The fourth-order valence-corrected chi connectivity index (χ4v) is 5.19. The maximum atomic E-state index is 12.7. The molecule has 0 saturated carbocycles. The Kier molecular flexibility index (Phi) is 7.46. The fourth-order valence-electron chi connectivity index (χ4n) is 3.68. The molecule has 0 unspecified atom stereocenters. The Hall–Kier alpha value is -1.15. The zero-order valence-electron chi connectivity index (χ0n) is 15.1. The molecule has 1 N–H and O–H groups in total. The van der Waals surface area contributed by atoms with Gasteiger partial charge in [0.05, 0.1) is 5.75 Å². The van der Waals surface area contributed by atoms with Crippen LogP contribution in [-0.2, 0) is 20.6 Å². The van der Waals surface area contributed by atoms with Gasteiger partial charge in [-0.3, -0.25) is 4.79 Å². The smallest absolute Gasteiger partial charge is 0.225 e. The zero-order valence-corrected chi connectivity index (χ0v) is 16.8. The summed E-state index contributed by atoms with van der Waals surface area (Å²) in [6.45, 7) is 4.75. The summed E-state index contributed by atoms with van der Waals surface area (Å²) in [5.74, 6) is 0.283. The minimum atomic E-state index is -3.33. The number of piperazine rings is 1. The monoisotopic (exact) mass is 401 g/mol. The first-order valence-electron chi connectivity index (χ1n) is 8.99. The Morgan fingerprint density at radius 1 is 1.15 bits per heavy atom. The molecule has 1 aromatic carbocycles. The summed E-state index contributed by atoms with van der Waals surface area (Å²) >= 11 is 0. The number of benzene rings is 1. The van der Waals surface area contributed by atoms with Crippen LogP contribution in [0.4, 0.5) is 0 Å². The Labute approximate surface area is 162 Å². The second-order valence-electron chi connectivity index (χ2n) is 7.04. The molecule has 1 amide bonds. The molecular weight excluding hydrogens is 374 g/mol. The number of carbonyl (C=O) groups excluding carboxylic acids is 1. The minimum Gasteiger partial charge on any atom is -0.340 e. The van der Waals surface area contributed by atoms with Crippen LogP contribution >= 0.6 is 12.4 Å². The van der Waals surface area contributed by atoms with Gasteiger partial charge in [-0.05, 0) is 31.9 Å². The summed E-state index contributed by atoms with van der Waals surface area (Å²) in [7, 11) is -3.33. The summed E-state index contributed by atoms with van der Waals surface area (Å²) in [4.78, 5) is 14.5. The van der Waals surface area contributed by atoms with Crippen LogP contribution in [0.2, 0.25) is 0 Å². The van der Waals surface area contributed by atoms with Gasteiger partial charge in [-0.1, -0.05) is 30.3 Å². The molecule has 0 aromatic heterocycles. The van der Waals surface area contributed by atoms with Gasteiger partial charge in [-0.25, -0.2) is 8.42 Å². The summed E-state index contributed by atoms with van der Waals surface area (Å²) < 4.78 is 26.7. The van der Waals surface area contributed by atoms with Crippen LogP contribution in [0.15, 0.2) is 30.3 Å². The van der Waals surface area contributed by atoms with Crippen LogP contribution < -0.4 is 5.32 Å². The van der Waals surface area contributed by atoms with Crippen molar-refractivity contribution in [3.8, 4) is 0 Å². The van der Waals surface area contributed by atoms with Gasteiger partial charge in [-0.2, -0.15) is 4.31 Å². The highest BCUT2D eigenvalue weighted by atomic mass is 35.5. The van der Waals surface area contributed by atoms with Gasteiger partial charge in [0.15, 0.2) is 0 Å². The van der Waals surface area contributed by atoms with Crippen molar-refractivity contribution in [2.24, 2.45) is 5.92 Å². The van der Waals surface area contributed by atoms with Crippen molar-refractivity contribution in [3.63, 3.8) is 0 Å². The Morgan fingerprint density at radius 2 is 1.81 bits per heavy atom. The highest BCUT2D eigenvalue weighted by Crippen LogP contribution is 2.21. The van der Waals surface area contributed by atoms with Crippen LogP contribution in [0.25, 0.3) is 0 Å². The van der Waals surface area contributed by atoms with E-state index in [1.165, 1.54) is 4.31 Å². The number of halogens is 1. The number of hydrogen-bond acceptors (Lipinski definition) is 4. The Bertz CT molecular complexity index is 691. The molecule has 2 saturated heterocycles. The average Bonchev–Trinajstić information content (AvgIpc) is 2.62. The Balaban J connectivity index is 0.00000243. The number of carbonyl (C=O) groups is 1. The van der Waals surface area contributed by atoms with E-state index < -0.39 is 10.0 Å². The molecule has 0 radical (unpaired) electrons. The van der Waals surface area contributed by atoms with Crippen LogP contribution in [0.1, 0.15) is 25.3 Å². The summed E-state index contributed by atoms with van der Waals surface area (Å²) in [6, 6.07) is 9.60. The molecular formula is C18H28ClN3O3S. The molecule has 0 aliphatic carbocycles. The maximum absolute atomic E-state index is 12.7. The van der Waals surface area contributed by atoms with E-state index in [1.807, 2.05) is 35.2 Å². The quantitative estimate of drug-likeness (QED) is 0.829. The van der Waals surface area contributed by atoms with E-state index in [1.54, 1.807) is 0 Å². The third-order valence-corrected chi connectivity index (χ3v) is 6.96. The van der Waals surface area contributed by atoms with Crippen LogP contribution in [0.3, 0.4) is 0 Å². The van der Waals surface area contributed by atoms with Crippen molar-refractivity contribution >= 4 is 28.3 Å². The van der Waals surface area contributed by atoms with Crippen molar-refractivity contribution in [1.29, 1.82) is 0 Å². The third-order valence-electron chi connectivity index (χ3n) is 5.11. The molecule has 2 heterocycles. The van der Waals surface area contributed by atoms with Gasteiger partial charge >= 0.3 is 0 Å². The Morgan fingerprint density at radius 3 is 2.42 bits per heavy atom. The van der Waals surface area contributed by atoms with E-state index in [9.17, 15) is 13.2 Å². The lowest BCUT2D eigenvalue weighted by Gasteiger charge is -2.37. The van der Waals surface area contributed by atoms with Gasteiger partial charge in [0.1, 0.15) is 0 Å². The lowest BCUT2D eigenvalue weighted by Crippen LogP contribution is -2.53. The van der Waals surface area contributed by atoms with E-state index in [-0.39, 0.29) is 30.0 Å². The molecule has 0 spiro atoms. The number of nitrogens with zero attached hydrogens (tertiary/aromatic N) is 2. The molecule has 1 aromatic rings. The van der Waals surface area contributed by atoms with Gasteiger partial charge in [0.2, 0.25) is 15.9 Å². The SMILES string of the molecule is C[C@H]1C[C@@H](C(=O)N2CCN(S(=O)(=O)Cc3ccccc3)CC2)CCN1.Cl. The number of amides is 1. The second-order valence-corrected chi connectivity index (χ2v) is 9.01. The second kappa shape index (κ2) is 9.17. The first kappa shape index (κ1) is 21.2. The number of sulfonamides is 1. The number of rotatable bonds is 4. The van der Waals surface area contributed by atoms with Gasteiger partial charge < -0.3 is 10.2 Å². The normalized spacial score (nSPS) is 24.7. The van der Waals surface area contributed by atoms with E-state index in [4.69, 9.17) is 0 Å². The van der Waals surface area contributed by atoms with Crippen LogP contribution in [-0.4, -0.2) is 62.3 Å². The lowest BCUT2D eigenvalue weighted by atomic mass is 9.92. The average molecular weight is 402 g/mol. The first-order valence-corrected chi connectivity index (χ1v) is 10.6. The van der Waals surface area contributed by atoms with Crippen molar-refractivity contribution in [1.82, 2.24) is 14.5 Å². The number of nitrogens with one attached hydrogen (secondary N) is 1. The number of hydrogen-bond donors (Lipinski definition) is 1. The first-order chi connectivity index (χ1) is 12.0. The predicted octanol–water partition coefficient (Wildman–Crippen LogP) is 1.47. The molecule has 0 bridgehead atoms. The molecule has 2 atom stereocenters. The van der Waals surface area contributed by atoms with E-state index in [0.717, 1.165) is 24.9 Å². The van der Waals surface area contributed by atoms with E-state index in [2.05, 4.69) is 12.2 Å². The molecule has 26 heavy (non-hydrogen) atoms. The maximum Gasteiger partial charge on any atom is 0.225 e. The van der Waals surface area contributed by atoms with E-state index >= 15 is 0 Å². The topological polar surface area (TPSA) is 69.7 Å². The number of piperidine rings is 1. The molecule has 3 rings (SSSR count). The molecule has 8 heteroatoms. The molecule has 146 valence electrons. The molecule has 2 aliphatic heterocycles. The third kappa shape index (κ3) is 5.19. The van der Waals surface area contributed by atoms with Crippen molar-refractivity contribution in [3.05, 3.63) is 35.9 Å². The molecule has 2 aliphatic rings. The van der Waals surface area contributed by atoms with Crippen molar-refractivity contribution in [2.45, 2.75) is 31.6 Å². The standard InChI is InChI=1S/C18H27N3O3S.ClH/c1-15-13-17(7-8-19-15)18(22)20-9-11-21(12-10-20)25(23,24)14-16-5-3-2-4-6-16;/h2-6,15,17,19H,7-14H2,1H3;1H/t15-,17-;/m0./s1. The molecule has 2 fully saturated rings. The summed E-state index contributed by atoms with van der Waals surface area (Å²) in [5.41, 5.74) is 0.796. The minimum absolute atomic E-state index is 0. The van der Waals surface area contributed by atoms with Crippen molar-refractivity contribution in [2.75, 3.05) is 32.7 Å².